The van der Waals surface area contributed by atoms with Gasteiger partial charge in [0.15, 0.2) is 5.78 Å². The predicted molar refractivity (Wildman–Crippen MR) is 165 cm³/mol. The van der Waals surface area contributed by atoms with E-state index in [9.17, 15) is 9.59 Å². The van der Waals surface area contributed by atoms with Crippen molar-refractivity contribution in [3.05, 3.63) is 70.8 Å². The van der Waals surface area contributed by atoms with Crippen LogP contribution in [0.1, 0.15) is 117 Å². The first kappa shape index (κ1) is 30.8. The Morgan fingerprint density at radius 1 is 0.846 bits per heavy atom. The molecule has 0 aliphatic carbocycles. The van der Waals surface area contributed by atoms with Crippen molar-refractivity contribution in [3.63, 3.8) is 0 Å². The number of unbranched alkanes of at least 4 members (excludes halogenated alkanes) is 11. The molecule has 0 fully saturated rings. The lowest BCUT2D eigenvalue weighted by atomic mass is 10.0. The standard InChI is InChI=1S/C33H46N2O3S/c1-3-4-5-6-7-8-9-10-11-12-13-14-23-38-32-30(27(2)36)16-15-17-31(32)33(37)34-29-20-18-28(19-21-29)25-35-22-24-39-26-35/h15-22,24H,3-14,23,25-26H2,1-2H3,(H,34,37). The Hall–Kier alpha value is -2.73. The van der Waals surface area contributed by atoms with Crippen molar-refractivity contribution in [1.29, 1.82) is 0 Å². The fourth-order valence-electron chi connectivity index (χ4n) is 4.80. The summed E-state index contributed by atoms with van der Waals surface area (Å²) in [5, 5.41) is 5.07. The molecule has 39 heavy (non-hydrogen) atoms. The van der Waals surface area contributed by atoms with Crippen LogP contribution in [0.25, 0.3) is 0 Å². The van der Waals surface area contributed by atoms with E-state index in [4.69, 9.17) is 4.74 Å². The van der Waals surface area contributed by atoms with Gasteiger partial charge in [-0.15, -0.1) is 11.8 Å². The highest BCUT2D eigenvalue weighted by Gasteiger charge is 2.19. The molecule has 2 aromatic rings. The third-order valence-electron chi connectivity index (χ3n) is 7.09. The highest BCUT2D eigenvalue weighted by molar-refractivity contribution is 8.02. The second kappa shape index (κ2) is 17.8. The third-order valence-corrected chi connectivity index (χ3v) is 7.88. The first-order chi connectivity index (χ1) is 19.1. The maximum Gasteiger partial charge on any atom is 0.259 e. The number of anilines is 1. The number of ether oxygens (including phenoxy) is 1. The van der Waals surface area contributed by atoms with Crippen LogP contribution in [0.5, 0.6) is 5.75 Å². The highest BCUT2D eigenvalue weighted by atomic mass is 32.2. The first-order valence-corrected chi connectivity index (χ1v) is 15.8. The molecule has 2 aromatic carbocycles. The number of hydrogen-bond donors (Lipinski definition) is 1. The molecule has 0 bridgehead atoms. The molecule has 0 saturated carbocycles. The van der Waals surface area contributed by atoms with Crippen molar-refractivity contribution in [2.45, 2.75) is 97.4 Å². The Labute approximate surface area is 239 Å². The minimum atomic E-state index is -0.269. The number of thioether (sulfide) groups is 1. The lowest BCUT2D eigenvalue weighted by Crippen LogP contribution is -2.16. The average Bonchev–Trinajstić information content (AvgIpc) is 3.45. The fraction of sp³-hybridized carbons (Fsp3) is 0.515. The lowest BCUT2D eigenvalue weighted by Gasteiger charge is -2.16. The van der Waals surface area contributed by atoms with E-state index in [1.807, 2.05) is 24.3 Å². The summed E-state index contributed by atoms with van der Waals surface area (Å²) < 4.78 is 6.08. The Balaban J connectivity index is 1.43. The molecule has 3 rings (SSSR count). The van der Waals surface area contributed by atoms with Gasteiger partial charge in [-0.25, -0.2) is 0 Å². The topological polar surface area (TPSA) is 58.6 Å². The molecule has 1 amide bonds. The average molecular weight is 551 g/mol. The zero-order valence-corrected chi connectivity index (χ0v) is 24.7. The molecule has 1 N–H and O–H groups in total. The molecule has 1 aliphatic heterocycles. The van der Waals surface area contributed by atoms with Gasteiger partial charge in [-0.05, 0) is 48.6 Å². The smallest absolute Gasteiger partial charge is 0.259 e. The number of para-hydroxylation sites is 1. The van der Waals surface area contributed by atoms with E-state index < -0.39 is 0 Å². The number of carbonyl (C=O) groups excluding carboxylic acids is 2. The number of rotatable bonds is 19. The number of carbonyl (C=O) groups is 2. The minimum Gasteiger partial charge on any atom is -0.492 e. The number of hydrogen-bond acceptors (Lipinski definition) is 5. The van der Waals surface area contributed by atoms with Crippen molar-refractivity contribution < 1.29 is 14.3 Å². The van der Waals surface area contributed by atoms with E-state index in [1.54, 1.807) is 30.0 Å². The van der Waals surface area contributed by atoms with Gasteiger partial charge < -0.3 is 15.0 Å². The Kier molecular flexibility index (Phi) is 14.0. The van der Waals surface area contributed by atoms with Gasteiger partial charge in [0.25, 0.3) is 5.91 Å². The van der Waals surface area contributed by atoms with Crippen LogP contribution in [0.3, 0.4) is 0 Å². The molecule has 0 aromatic heterocycles. The van der Waals surface area contributed by atoms with Gasteiger partial charge in [0.05, 0.1) is 23.6 Å². The monoisotopic (exact) mass is 550 g/mol. The summed E-state index contributed by atoms with van der Waals surface area (Å²) >= 11 is 1.78. The molecule has 0 unspecified atom stereocenters. The van der Waals surface area contributed by atoms with E-state index in [1.165, 1.54) is 76.7 Å². The lowest BCUT2D eigenvalue weighted by molar-refractivity contribution is 0.101. The van der Waals surface area contributed by atoms with Gasteiger partial charge in [-0.3, -0.25) is 9.59 Å². The van der Waals surface area contributed by atoms with E-state index in [0.717, 1.165) is 31.0 Å². The zero-order valence-electron chi connectivity index (χ0n) is 23.9. The van der Waals surface area contributed by atoms with Crippen LogP contribution in [0.4, 0.5) is 5.69 Å². The number of Topliss-reactive ketones (excluding diaryl/α,β-unsaturated/α-hetero) is 1. The maximum atomic E-state index is 13.2. The summed E-state index contributed by atoms with van der Waals surface area (Å²) in [6, 6.07) is 13.1. The predicted octanol–water partition coefficient (Wildman–Crippen LogP) is 9.20. The summed E-state index contributed by atoms with van der Waals surface area (Å²) in [5.41, 5.74) is 2.75. The van der Waals surface area contributed by atoms with Gasteiger partial charge in [0.1, 0.15) is 5.75 Å². The molecule has 0 radical (unpaired) electrons. The number of nitrogens with one attached hydrogen (secondary N) is 1. The van der Waals surface area contributed by atoms with Crippen molar-refractivity contribution in [2.24, 2.45) is 0 Å². The van der Waals surface area contributed by atoms with Crippen molar-refractivity contribution in [2.75, 3.05) is 17.8 Å². The SMILES string of the molecule is CCCCCCCCCCCCCCOc1c(C(C)=O)cccc1C(=O)Nc1ccc(CN2C=CSC2)cc1. The summed E-state index contributed by atoms with van der Waals surface area (Å²) in [4.78, 5) is 27.7. The van der Waals surface area contributed by atoms with Crippen molar-refractivity contribution in [3.8, 4) is 5.75 Å². The van der Waals surface area contributed by atoms with Crippen LogP contribution >= 0.6 is 11.8 Å². The minimum absolute atomic E-state index is 0.104. The van der Waals surface area contributed by atoms with Crippen LogP contribution in [0, 0.1) is 0 Å². The Morgan fingerprint density at radius 2 is 1.46 bits per heavy atom. The summed E-state index contributed by atoms with van der Waals surface area (Å²) in [7, 11) is 0. The van der Waals surface area contributed by atoms with E-state index in [2.05, 4.69) is 28.7 Å². The second-order valence-corrected chi connectivity index (χ2v) is 11.3. The molecular formula is C33H46N2O3S. The van der Waals surface area contributed by atoms with Gasteiger partial charge in [0.2, 0.25) is 0 Å². The number of ketones is 1. The molecule has 5 nitrogen and oxygen atoms in total. The molecule has 212 valence electrons. The molecule has 1 aliphatic rings. The van der Waals surface area contributed by atoms with Crippen LogP contribution in [-0.2, 0) is 6.54 Å². The van der Waals surface area contributed by atoms with Crippen LogP contribution in [0.2, 0.25) is 0 Å². The first-order valence-electron chi connectivity index (χ1n) is 14.8. The van der Waals surface area contributed by atoms with Crippen LogP contribution < -0.4 is 10.1 Å². The normalized spacial score (nSPS) is 12.6. The van der Waals surface area contributed by atoms with Gasteiger partial charge >= 0.3 is 0 Å². The third kappa shape index (κ3) is 11.1. The molecular weight excluding hydrogens is 504 g/mol. The quantitative estimate of drug-likeness (QED) is 0.140. The van der Waals surface area contributed by atoms with E-state index in [-0.39, 0.29) is 11.7 Å². The van der Waals surface area contributed by atoms with Gasteiger partial charge in [0, 0.05) is 18.4 Å². The second-order valence-electron chi connectivity index (χ2n) is 10.5. The molecule has 6 heteroatoms. The summed E-state index contributed by atoms with van der Waals surface area (Å²) in [6.07, 6.45) is 17.4. The number of nitrogens with zero attached hydrogens (tertiary/aromatic N) is 1. The Bertz CT molecular complexity index is 1050. The zero-order chi connectivity index (χ0) is 27.7. The summed E-state index contributed by atoms with van der Waals surface area (Å²) in [5.74, 6) is 0.982. The van der Waals surface area contributed by atoms with Crippen molar-refractivity contribution in [1.82, 2.24) is 4.90 Å². The van der Waals surface area contributed by atoms with E-state index in [0.29, 0.717) is 23.5 Å². The van der Waals surface area contributed by atoms with Crippen LogP contribution in [0.15, 0.2) is 54.1 Å². The van der Waals surface area contributed by atoms with Crippen molar-refractivity contribution >= 4 is 29.1 Å². The summed E-state index contributed by atoms with van der Waals surface area (Å²) in [6.45, 7) is 5.12. The highest BCUT2D eigenvalue weighted by Crippen LogP contribution is 2.27. The molecule has 0 atom stereocenters. The van der Waals surface area contributed by atoms with E-state index >= 15 is 0 Å². The fourth-order valence-corrected chi connectivity index (χ4v) is 5.51. The van der Waals surface area contributed by atoms with Gasteiger partial charge in [-0.2, -0.15) is 0 Å². The molecule has 0 saturated heterocycles. The molecule has 1 heterocycles. The Morgan fingerprint density at radius 3 is 2.05 bits per heavy atom. The largest absolute Gasteiger partial charge is 0.492 e. The van der Waals surface area contributed by atoms with Gasteiger partial charge in [-0.1, -0.05) is 95.8 Å². The van der Waals surface area contributed by atoms with Crippen LogP contribution in [-0.4, -0.2) is 29.1 Å². The maximum absolute atomic E-state index is 13.2. The molecule has 0 spiro atoms. The number of benzene rings is 2. The number of amides is 1.